The van der Waals surface area contributed by atoms with Crippen LogP contribution in [0.3, 0.4) is 0 Å². The molecule has 0 N–H and O–H groups in total. The normalized spacial score (nSPS) is 11.2. The Balaban J connectivity index is 2.10. The molecule has 0 atom stereocenters. The first-order chi connectivity index (χ1) is 11.3. The first kappa shape index (κ1) is 18.3. The van der Waals surface area contributed by atoms with Crippen molar-refractivity contribution in [3.63, 3.8) is 0 Å². The highest BCUT2D eigenvalue weighted by Gasteiger charge is 2.29. The number of rotatable bonds is 6. The number of methoxy groups -OCH3 is 1. The van der Waals surface area contributed by atoms with Gasteiger partial charge in [0.1, 0.15) is 6.61 Å². The SMILES string of the molecule is COc1cc(C(=O)CBr)ccc1OCc1ccc(C(F)(F)F)cc1. The summed E-state index contributed by atoms with van der Waals surface area (Å²) in [5.41, 5.74) is 0.359. The van der Waals surface area contributed by atoms with Gasteiger partial charge in [-0.3, -0.25) is 4.79 Å². The Labute approximate surface area is 145 Å². The summed E-state index contributed by atoms with van der Waals surface area (Å²) in [6.45, 7) is 0.0836. The fourth-order valence-electron chi connectivity index (χ4n) is 1.99. The second kappa shape index (κ2) is 7.70. The monoisotopic (exact) mass is 402 g/mol. The standard InChI is InChI=1S/C17H14BrF3O3/c1-23-16-8-12(14(22)9-18)4-7-15(16)24-10-11-2-5-13(6-3-11)17(19,20)21/h2-8H,9-10H2,1H3. The van der Waals surface area contributed by atoms with E-state index < -0.39 is 11.7 Å². The third kappa shape index (κ3) is 4.50. The van der Waals surface area contributed by atoms with Gasteiger partial charge in [-0.15, -0.1) is 0 Å². The van der Waals surface area contributed by atoms with E-state index in [1.54, 1.807) is 18.2 Å². The van der Waals surface area contributed by atoms with Crippen LogP contribution in [-0.2, 0) is 12.8 Å². The van der Waals surface area contributed by atoms with Crippen molar-refractivity contribution in [1.29, 1.82) is 0 Å². The lowest BCUT2D eigenvalue weighted by atomic mass is 10.1. The molecule has 0 saturated heterocycles. The molecule has 2 rings (SSSR count). The molecule has 0 aliphatic rings. The van der Waals surface area contributed by atoms with E-state index >= 15 is 0 Å². The Kier molecular flexibility index (Phi) is 5.88. The maximum atomic E-state index is 12.5. The Morgan fingerprint density at radius 2 is 1.75 bits per heavy atom. The molecule has 0 aliphatic carbocycles. The fourth-order valence-corrected chi connectivity index (χ4v) is 2.31. The lowest BCUT2D eigenvalue weighted by Gasteiger charge is -2.12. The topological polar surface area (TPSA) is 35.5 Å². The van der Waals surface area contributed by atoms with Crippen molar-refractivity contribution in [2.75, 3.05) is 12.4 Å². The summed E-state index contributed by atoms with van der Waals surface area (Å²) in [5, 5.41) is 0.196. The number of hydrogen-bond donors (Lipinski definition) is 0. The number of benzene rings is 2. The Morgan fingerprint density at radius 1 is 1.08 bits per heavy atom. The quantitative estimate of drug-likeness (QED) is 0.510. The Morgan fingerprint density at radius 3 is 2.29 bits per heavy atom. The van der Waals surface area contributed by atoms with Crippen LogP contribution in [0.15, 0.2) is 42.5 Å². The maximum absolute atomic E-state index is 12.5. The van der Waals surface area contributed by atoms with Crippen LogP contribution in [0.2, 0.25) is 0 Å². The third-order valence-corrected chi connectivity index (χ3v) is 3.79. The van der Waals surface area contributed by atoms with Gasteiger partial charge in [-0.1, -0.05) is 28.1 Å². The minimum absolute atomic E-state index is 0.0836. The Hall–Kier alpha value is -2.02. The predicted molar refractivity (Wildman–Crippen MR) is 86.9 cm³/mol. The third-order valence-electron chi connectivity index (χ3n) is 3.28. The fraction of sp³-hybridized carbons (Fsp3) is 0.235. The van der Waals surface area contributed by atoms with E-state index in [1.807, 2.05) is 0 Å². The predicted octanol–water partition coefficient (Wildman–Crippen LogP) is 4.87. The van der Waals surface area contributed by atoms with Gasteiger partial charge in [-0.2, -0.15) is 13.2 Å². The highest BCUT2D eigenvalue weighted by Crippen LogP contribution is 2.31. The molecule has 0 heterocycles. The van der Waals surface area contributed by atoms with Gasteiger partial charge < -0.3 is 9.47 Å². The highest BCUT2D eigenvalue weighted by atomic mass is 79.9. The largest absolute Gasteiger partial charge is 0.493 e. The molecule has 2 aromatic carbocycles. The maximum Gasteiger partial charge on any atom is 0.416 e. The first-order valence-corrected chi connectivity index (χ1v) is 8.03. The summed E-state index contributed by atoms with van der Waals surface area (Å²) in [5.74, 6) is 0.694. The number of alkyl halides is 4. The van der Waals surface area contributed by atoms with E-state index in [0.29, 0.717) is 22.6 Å². The minimum Gasteiger partial charge on any atom is -0.493 e. The van der Waals surface area contributed by atoms with E-state index in [0.717, 1.165) is 12.1 Å². The molecule has 0 fully saturated rings. The van der Waals surface area contributed by atoms with Crippen LogP contribution in [0.25, 0.3) is 0 Å². The van der Waals surface area contributed by atoms with Crippen molar-refractivity contribution in [3.05, 3.63) is 59.2 Å². The molecule has 0 aliphatic heterocycles. The molecule has 0 aromatic heterocycles. The number of ether oxygens (including phenoxy) is 2. The molecule has 0 radical (unpaired) electrons. The Bertz CT molecular complexity index is 712. The lowest BCUT2D eigenvalue weighted by molar-refractivity contribution is -0.137. The van der Waals surface area contributed by atoms with Gasteiger partial charge in [-0.05, 0) is 35.9 Å². The summed E-state index contributed by atoms with van der Waals surface area (Å²) in [6, 6.07) is 9.50. The van der Waals surface area contributed by atoms with Crippen molar-refractivity contribution in [1.82, 2.24) is 0 Å². The average Bonchev–Trinajstić information content (AvgIpc) is 2.58. The van der Waals surface area contributed by atoms with E-state index in [1.165, 1.54) is 19.2 Å². The second-order valence-electron chi connectivity index (χ2n) is 4.91. The van der Waals surface area contributed by atoms with Gasteiger partial charge in [-0.25, -0.2) is 0 Å². The molecule has 7 heteroatoms. The molecule has 24 heavy (non-hydrogen) atoms. The molecule has 128 valence electrons. The zero-order chi connectivity index (χ0) is 17.7. The molecular weight excluding hydrogens is 389 g/mol. The van der Waals surface area contributed by atoms with Crippen LogP contribution in [0.5, 0.6) is 11.5 Å². The number of halogens is 4. The van der Waals surface area contributed by atoms with Crippen molar-refractivity contribution in [2.24, 2.45) is 0 Å². The van der Waals surface area contributed by atoms with Crippen molar-refractivity contribution in [3.8, 4) is 11.5 Å². The minimum atomic E-state index is -4.36. The zero-order valence-corrected chi connectivity index (χ0v) is 14.3. The van der Waals surface area contributed by atoms with Gasteiger partial charge in [0.15, 0.2) is 17.3 Å². The van der Waals surface area contributed by atoms with Crippen LogP contribution in [0, 0.1) is 0 Å². The van der Waals surface area contributed by atoms with E-state index in [9.17, 15) is 18.0 Å². The number of carbonyl (C=O) groups excluding carboxylic acids is 1. The van der Waals surface area contributed by atoms with Crippen molar-refractivity contribution < 1.29 is 27.4 Å². The second-order valence-corrected chi connectivity index (χ2v) is 5.47. The summed E-state index contributed by atoms with van der Waals surface area (Å²) < 4.78 is 48.3. The summed E-state index contributed by atoms with van der Waals surface area (Å²) in [4.78, 5) is 11.7. The summed E-state index contributed by atoms with van der Waals surface area (Å²) in [6.07, 6.45) is -4.36. The smallest absolute Gasteiger partial charge is 0.416 e. The number of Topliss-reactive ketones (excluding diaryl/α,β-unsaturated/α-hetero) is 1. The average molecular weight is 403 g/mol. The van der Waals surface area contributed by atoms with E-state index in [4.69, 9.17) is 9.47 Å². The van der Waals surface area contributed by atoms with Crippen LogP contribution >= 0.6 is 15.9 Å². The molecule has 2 aromatic rings. The van der Waals surface area contributed by atoms with Crippen molar-refractivity contribution >= 4 is 21.7 Å². The van der Waals surface area contributed by atoms with Crippen LogP contribution in [0.1, 0.15) is 21.5 Å². The molecule has 0 unspecified atom stereocenters. The van der Waals surface area contributed by atoms with Gasteiger partial charge in [0.2, 0.25) is 0 Å². The lowest BCUT2D eigenvalue weighted by Crippen LogP contribution is -2.05. The molecule has 3 nitrogen and oxygen atoms in total. The van der Waals surface area contributed by atoms with Crippen LogP contribution in [0.4, 0.5) is 13.2 Å². The van der Waals surface area contributed by atoms with Gasteiger partial charge in [0.05, 0.1) is 18.0 Å². The van der Waals surface area contributed by atoms with Gasteiger partial charge in [0.25, 0.3) is 0 Å². The first-order valence-electron chi connectivity index (χ1n) is 6.91. The van der Waals surface area contributed by atoms with E-state index in [2.05, 4.69) is 15.9 Å². The van der Waals surface area contributed by atoms with Crippen LogP contribution in [-0.4, -0.2) is 18.2 Å². The van der Waals surface area contributed by atoms with Gasteiger partial charge in [0, 0.05) is 5.56 Å². The van der Waals surface area contributed by atoms with Gasteiger partial charge >= 0.3 is 6.18 Å². The van der Waals surface area contributed by atoms with Crippen molar-refractivity contribution in [2.45, 2.75) is 12.8 Å². The highest BCUT2D eigenvalue weighted by molar-refractivity contribution is 9.09. The molecule has 0 bridgehead atoms. The number of carbonyl (C=O) groups is 1. The van der Waals surface area contributed by atoms with E-state index in [-0.39, 0.29) is 17.7 Å². The number of ketones is 1. The summed E-state index contributed by atoms with van der Waals surface area (Å²) >= 11 is 3.10. The molecule has 0 amide bonds. The molecule has 0 spiro atoms. The zero-order valence-electron chi connectivity index (χ0n) is 12.7. The van der Waals surface area contributed by atoms with Crippen LogP contribution < -0.4 is 9.47 Å². The molecule has 0 saturated carbocycles. The molecular formula is C17H14BrF3O3. The summed E-state index contributed by atoms with van der Waals surface area (Å²) in [7, 11) is 1.45. The number of hydrogen-bond acceptors (Lipinski definition) is 3.